The highest BCUT2D eigenvalue weighted by atomic mass is 32.1. The molecular formula is C26H27F2N3O3S. The predicted molar refractivity (Wildman–Crippen MR) is 130 cm³/mol. The van der Waals surface area contributed by atoms with Gasteiger partial charge in [0, 0.05) is 42.0 Å². The zero-order chi connectivity index (χ0) is 24.4. The highest BCUT2D eigenvalue weighted by Gasteiger charge is 2.37. The van der Waals surface area contributed by atoms with E-state index < -0.39 is 24.7 Å². The lowest BCUT2D eigenvalue weighted by atomic mass is 10.00. The van der Waals surface area contributed by atoms with Crippen LogP contribution in [0.15, 0.2) is 53.9 Å². The normalized spacial score (nSPS) is 21.3. The Bertz CT molecular complexity index is 1180. The van der Waals surface area contributed by atoms with E-state index in [0.717, 1.165) is 34.7 Å². The molecule has 5 rings (SSSR count). The quantitative estimate of drug-likeness (QED) is 0.393. The second-order valence-corrected chi connectivity index (χ2v) is 9.87. The van der Waals surface area contributed by atoms with Crippen LogP contribution >= 0.6 is 11.3 Å². The van der Waals surface area contributed by atoms with E-state index in [-0.39, 0.29) is 11.6 Å². The van der Waals surface area contributed by atoms with Gasteiger partial charge < -0.3 is 25.8 Å². The van der Waals surface area contributed by atoms with Crippen LogP contribution < -0.4 is 16.0 Å². The third kappa shape index (κ3) is 5.54. The SMILES string of the molecule is O=C(NCc1ccc2c(c1)CNC2)O[C@@H]1[C@@H](O)CN[C@@H]1Cc1ccc(-c2cc(C(F)F)cs2)cc1. The lowest BCUT2D eigenvalue weighted by Gasteiger charge is -2.22. The number of carbonyl (C=O) groups is 1. The van der Waals surface area contributed by atoms with Crippen molar-refractivity contribution < 1.29 is 23.4 Å². The molecule has 1 saturated heterocycles. The van der Waals surface area contributed by atoms with Crippen LogP contribution in [0.4, 0.5) is 13.6 Å². The second-order valence-electron chi connectivity index (χ2n) is 8.96. The number of alkyl halides is 2. The van der Waals surface area contributed by atoms with Crippen LogP contribution in [-0.2, 0) is 30.8 Å². The minimum absolute atomic E-state index is 0.0321. The zero-order valence-electron chi connectivity index (χ0n) is 19.0. The van der Waals surface area contributed by atoms with Crippen molar-refractivity contribution in [3.63, 3.8) is 0 Å². The van der Waals surface area contributed by atoms with Gasteiger partial charge in [0.1, 0.15) is 12.2 Å². The molecule has 1 aromatic heterocycles. The number of ether oxygens (including phenoxy) is 1. The first-order chi connectivity index (χ1) is 17.0. The van der Waals surface area contributed by atoms with Gasteiger partial charge in [-0.15, -0.1) is 11.3 Å². The van der Waals surface area contributed by atoms with E-state index in [1.54, 1.807) is 0 Å². The van der Waals surface area contributed by atoms with Crippen molar-refractivity contribution in [3.8, 4) is 10.4 Å². The maximum atomic E-state index is 12.9. The van der Waals surface area contributed by atoms with Gasteiger partial charge in [0.15, 0.2) is 0 Å². The van der Waals surface area contributed by atoms with Gasteiger partial charge in [0.05, 0.1) is 6.04 Å². The molecule has 0 radical (unpaired) electrons. The number of hydrogen-bond donors (Lipinski definition) is 4. The molecule has 35 heavy (non-hydrogen) atoms. The van der Waals surface area contributed by atoms with Crippen LogP contribution in [-0.4, -0.2) is 36.0 Å². The van der Waals surface area contributed by atoms with Crippen molar-refractivity contribution in [2.75, 3.05) is 6.54 Å². The number of thiophene rings is 1. The number of β-amino-alcohol motifs (C(OH)–C–C–N with tert-alkyl or cyclic N) is 1. The molecule has 0 unspecified atom stereocenters. The van der Waals surface area contributed by atoms with Gasteiger partial charge in [-0.25, -0.2) is 13.6 Å². The minimum Gasteiger partial charge on any atom is -0.442 e. The molecule has 3 heterocycles. The molecule has 9 heteroatoms. The van der Waals surface area contributed by atoms with E-state index in [1.807, 2.05) is 30.3 Å². The van der Waals surface area contributed by atoms with E-state index in [9.17, 15) is 18.7 Å². The van der Waals surface area contributed by atoms with Crippen LogP contribution in [0.3, 0.4) is 0 Å². The second kappa shape index (κ2) is 10.4. The third-order valence-electron chi connectivity index (χ3n) is 6.51. The summed E-state index contributed by atoms with van der Waals surface area (Å²) in [4.78, 5) is 13.3. The molecule has 0 bridgehead atoms. The molecule has 1 amide bonds. The fraction of sp³-hybridized carbons (Fsp3) is 0.346. The van der Waals surface area contributed by atoms with Gasteiger partial charge >= 0.3 is 6.09 Å². The van der Waals surface area contributed by atoms with Gasteiger partial charge in [0.25, 0.3) is 6.43 Å². The number of amides is 1. The monoisotopic (exact) mass is 499 g/mol. The molecule has 0 spiro atoms. The van der Waals surface area contributed by atoms with Gasteiger partial charge in [-0.3, -0.25) is 0 Å². The summed E-state index contributed by atoms with van der Waals surface area (Å²) in [5, 5.41) is 21.2. The number of carbonyl (C=O) groups excluding carboxylic acids is 1. The first-order valence-electron chi connectivity index (χ1n) is 11.6. The van der Waals surface area contributed by atoms with Crippen LogP contribution in [0.2, 0.25) is 0 Å². The minimum atomic E-state index is -2.47. The molecular weight excluding hydrogens is 472 g/mol. The Balaban J connectivity index is 1.16. The van der Waals surface area contributed by atoms with Crippen molar-refractivity contribution in [1.29, 1.82) is 0 Å². The standard InChI is InChI=1S/C26H27F2N3O3S/c27-25(28)20-9-23(35-14-20)17-4-1-15(2-5-17)8-21-24(22(32)13-30-21)34-26(33)31-10-16-3-6-18-11-29-12-19(18)7-16/h1-7,9,14,21-22,24-25,29-30,32H,8,10-13H2,(H,31,33)/t21-,22+,24+/m1/s1. The zero-order valence-corrected chi connectivity index (χ0v) is 19.8. The van der Waals surface area contributed by atoms with Gasteiger partial charge in [0.2, 0.25) is 0 Å². The molecule has 1 fully saturated rings. The topological polar surface area (TPSA) is 82.6 Å². The Morgan fingerprint density at radius 3 is 2.66 bits per heavy atom. The van der Waals surface area contributed by atoms with Gasteiger partial charge in [-0.2, -0.15) is 0 Å². The third-order valence-corrected chi connectivity index (χ3v) is 7.51. The number of nitrogens with one attached hydrogen (secondary N) is 3. The molecule has 2 aliphatic rings. The Kier molecular flexibility index (Phi) is 7.10. The molecule has 3 atom stereocenters. The fourth-order valence-corrected chi connectivity index (χ4v) is 5.51. The fourth-order valence-electron chi connectivity index (χ4n) is 4.59. The molecule has 3 aromatic rings. The highest BCUT2D eigenvalue weighted by Crippen LogP contribution is 2.32. The van der Waals surface area contributed by atoms with E-state index in [1.165, 1.54) is 33.9 Å². The van der Waals surface area contributed by atoms with Crippen molar-refractivity contribution >= 4 is 17.4 Å². The van der Waals surface area contributed by atoms with Crippen molar-refractivity contribution in [2.45, 2.75) is 50.7 Å². The summed E-state index contributed by atoms with van der Waals surface area (Å²) in [6.45, 7) is 2.39. The van der Waals surface area contributed by atoms with Crippen molar-refractivity contribution in [3.05, 3.63) is 81.7 Å². The molecule has 184 valence electrons. The first-order valence-corrected chi connectivity index (χ1v) is 12.5. The molecule has 4 N–H and O–H groups in total. The smallest absolute Gasteiger partial charge is 0.407 e. The summed E-state index contributed by atoms with van der Waals surface area (Å²) in [7, 11) is 0. The summed E-state index contributed by atoms with van der Waals surface area (Å²) in [6, 6.07) is 15.1. The summed E-state index contributed by atoms with van der Waals surface area (Å²) in [5.41, 5.74) is 5.42. The summed E-state index contributed by atoms with van der Waals surface area (Å²) in [5.74, 6) is 0. The van der Waals surface area contributed by atoms with E-state index >= 15 is 0 Å². The number of fused-ring (bicyclic) bond motifs is 1. The van der Waals surface area contributed by atoms with Crippen LogP contribution in [0.25, 0.3) is 10.4 Å². The predicted octanol–water partition coefficient (Wildman–Crippen LogP) is 4.13. The molecule has 0 saturated carbocycles. The van der Waals surface area contributed by atoms with Gasteiger partial charge in [-0.05, 0) is 40.3 Å². The van der Waals surface area contributed by atoms with Crippen LogP contribution in [0.5, 0.6) is 0 Å². The Morgan fingerprint density at radius 2 is 1.89 bits per heavy atom. The maximum absolute atomic E-state index is 12.9. The Morgan fingerprint density at radius 1 is 1.11 bits per heavy atom. The lowest BCUT2D eigenvalue weighted by molar-refractivity contribution is 0.0188. The summed E-state index contributed by atoms with van der Waals surface area (Å²) < 4.78 is 31.3. The molecule has 0 aliphatic carbocycles. The van der Waals surface area contributed by atoms with Crippen molar-refractivity contribution in [2.24, 2.45) is 0 Å². The van der Waals surface area contributed by atoms with Crippen molar-refractivity contribution in [1.82, 2.24) is 16.0 Å². The highest BCUT2D eigenvalue weighted by molar-refractivity contribution is 7.13. The number of halogens is 2. The van der Waals surface area contributed by atoms with E-state index in [0.29, 0.717) is 19.5 Å². The number of benzene rings is 2. The number of alkyl carbamates (subject to hydrolysis) is 1. The lowest BCUT2D eigenvalue weighted by Crippen LogP contribution is -2.41. The van der Waals surface area contributed by atoms with E-state index in [2.05, 4.69) is 28.1 Å². The van der Waals surface area contributed by atoms with Gasteiger partial charge in [-0.1, -0.05) is 42.5 Å². The van der Waals surface area contributed by atoms with Crippen LogP contribution in [0.1, 0.15) is 34.2 Å². The average Bonchev–Trinajstić information content (AvgIpc) is 3.60. The number of hydrogen-bond acceptors (Lipinski definition) is 6. The Hall–Kier alpha value is -2.85. The van der Waals surface area contributed by atoms with Crippen LogP contribution in [0, 0.1) is 0 Å². The summed E-state index contributed by atoms with van der Waals surface area (Å²) in [6.07, 6.45) is -3.96. The average molecular weight is 500 g/mol. The number of aliphatic hydroxyl groups is 1. The molecule has 2 aliphatic heterocycles. The largest absolute Gasteiger partial charge is 0.442 e. The molecule has 6 nitrogen and oxygen atoms in total. The maximum Gasteiger partial charge on any atom is 0.407 e. The molecule has 2 aromatic carbocycles. The number of rotatable bonds is 7. The first kappa shape index (κ1) is 23.9. The van der Waals surface area contributed by atoms with E-state index in [4.69, 9.17) is 4.74 Å². The summed E-state index contributed by atoms with van der Waals surface area (Å²) >= 11 is 1.29. The number of aliphatic hydroxyl groups excluding tert-OH is 1. The Labute approximate surface area is 206 Å².